The maximum atomic E-state index is 13.2. The number of benzene rings is 1. The minimum Gasteiger partial charge on any atom is -0.494 e. The van der Waals surface area contributed by atoms with E-state index < -0.39 is 11.8 Å². The van der Waals surface area contributed by atoms with Crippen molar-refractivity contribution in [1.82, 2.24) is 9.97 Å². The molecule has 0 saturated heterocycles. The number of ether oxygens (including phenoxy) is 1. The summed E-state index contributed by atoms with van der Waals surface area (Å²) in [5.41, 5.74) is 0.328. The predicted molar refractivity (Wildman–Crippen MR) is 65.2 cm³/mol. The first kappa shape index (κ1) is 12.7. The van der Waals surface area contributed by atoms with Crippen LogP contribution in [0, 0.1) is 5.82 Å². The number of methoxy groups -OCH3 is 1. The molecule has 6 nitrogen and oxygen atoms in total. The van der Waals surface area contributed by atoms with Crippen LogP contribution in [0.15, 0.2) is 30.6 Å². The van der Waals surface area contributed by atoms with Crippen molar-refractivity contribution in [3.8, 4) is 5.75 Å². The summed E-state index contributed by atoms with van der Waals surface area (Å²) in [5, 5.41) is 11.6. The normalized spacial score (nSPS) is 10.0. The molecule has 0 atom stereocenters. The van der Waals surface area contributed by atoms with Crippen LogP contribution < -0.4 is 10.1 Å². The van der Waals surface area contributed by atoms with E-state index in [9.17, 15) is 9.18 Å². The van der Waals surface area contributed by atoms with Crippen molar-refractivity contribution < 1.29 is 19.0 Å². The van der Waals surface area contributed by atoms with Gasteiger partial charge in [0.25, 0.3) is 0 Å². The second-order valence-electron chi connectivity index (χ2n) is 3.57. The van der Waals surface area contributed by atoms with E-state index in [1.165, 1.54) is 31.5 Å². The molecule has 0 fully saturated rings. The summed E-state index contributed by atoms with van der Waals surface area (Å²) in [6.07, 6.45) is 2.50. The van der Waals surface area contributed by atoms with Gasteiger partial charge in [-0.3, -0.25) is 4.98 Å². The summed E-state index contributed by atoms with van der Waals surface area (Å²) in [7, 11) is 1.35. The molecule has 0 aliphatic heterocycles. The summed E-state index contributed by atoms with van der Waals surface area (Å²) in [6.45, 7) is 0. The molecular weight excluding hydrogens is 253 g/mol. The van der Waals surface area contributed by atoms with Gasteiger partial charge in [0.1, 0.15) is 5.82 Å². The summed E-state index contributed by atoms with van der Waals surface area (Å²) in [4.78, 5) is 18.3. The van der Waals surface area contributed by atoms with Gasteiger partial charge in [0, 0.05) is 11.8 Å². The number of halogens is 1. The number of rotatable bonds is 4. The molecule has 0 spiro atoms. The summed E-state index contributed by atoms with van der Waals surface area (Å²) in [6, 6.07) is 4.15. The van der Waals surface area contributed by atoms with Crippen molar-refractivity contribution in [3.05, 3.63) is 42.1 Å². The molecular formula is C12H10FN3O3. The maximum absolute atomic E-state index is 13.2. The summed E-state index contributed by atoms with van der Waals surface area (Å²) >= 11 is 0. The molecule has 1 heterocycles. The van der Waals surface area contributed by atoms with Crippen LogP contribution in [0.5, 0.6) is 5.75 Å². The topological polar surface area (TPSA) is 84.3 Å². The lowest BCUT2D eigenvalue weighted by molar-refractivity contribution is 0.0690. The largest absolute Gasteiger partial charge is 0.494 e. The first-order valence-electron chi connectivity index (χ1n) is 5.26. The fourth-order valence-corrected chi connectivity index (χ4v) is 1.41. The van der Waals surface area contributed by atoms with Gasteiger partial charge in [-0.15, -0.1) is 0 Å². The van der Waals surface area contributed by atoms with Gasteiger partial charge in [-0.25, -0.2) is 14.2 Å². The standard InChI is InChI=1S/C12H10FN3O3/c1-19-10-4-7(2-3-8(10)13)15-11-6-14-5-9(16-11)12(17)18/h2-6H,1H3,(H,15,16)(H,17,18). The number of aromatic nitrogens is 2. The highest BCUT2D eigenvalue weighted by molar-refractivity contribution is 5.85. The molecule has 2 rings (SSSR count). The van der Waals surface area contributed by atoms with Crippen molar-refractivity contribution in [3.63, 3.8) is 0 Å². The van der Waals surface area contributed by atoms with E-state index in [2.05, 4.69) is 15.3 Å². The molecule has 0 saturated carbocycles. The van der Waals surface area contributed by atoms with Crippen molar-refractivity contribution in [1.29, 1.82) is 0 Å². The van der Waals surface area contributed by atoms with E-state index in [1.807, 2.05) is 0 Å². The van der Waals surface area contributed by atoms with Gasteiger partial charge in [-0.05, 0) is 12.1 Å². The minimum atomic E-state index is -1.17. The van der Waals surface area contributed by atoms with Gasteiger partial charge in [-0.2, -0.15) is 0 Å². The summed E-state index contributed by atoms with van der Waals surface area (Å²) in [5.74, 6) is -1.34. The lowest BCUT2D eigenvalue weighted by Gasteiger charge is -2.08. The molecule has 0 radical (unpaired) electrons. The van der Waals surface area contributed by atoms with Crippen LogP contribution in [0.4, 0.5) is 15.9 Å². The zero-order valence-electron chi connectivity index (χ0n) is 9.92. The molecule has 2 N–H and O–H groups in total. The Hall–Kier alpha value is -2.70. The third-order valence-corrected chi connectivity index (χ3v) is 2.28. The van der Waals surface area contributed by atoms with Crippen LogP contribution >= 0.6 is 0 Å². The zero-order valence-corrected chi connectivity index (χ0v) is 9.92. The molecule has 98 valence electrons. The molecule has 0 unspecified atom stereocenters. The summed E-state index contributed by atoms with van der Waals surface area (Å²) < 4.78 is 18.1. The van der Waals surface area contributed by atoms with E-state index in [0.29, 0.717) is 5.69 Å². The van der Waals surface area contributed by atoms with Gasteiger partial charge in [0.15, 0.2) is 17.3 Å². The van der Waals surface area contributed by atoms with E-state index >= 15 is 0 Å². The lowest BCUT2D eigenvalue weighted by atomic mass is 10.3. The number of anilines is 2. The average molecular weight is 263 g/mol. The van der Waals surface area contributed by atoms with Crippen molar-refractivity contribution in [2.45, 2.75) is 0 Å². The number of carboxylic acid groups (broad SMARTS) is 1. The van der Waals surface area contributed by atoms with Crippen molar-refractivity contribution in [2.24, 2.45) is 0 Å². The maximum Gasteiger partial charge on any atom is 0.356 e. The Kier molecular flexibility index (Phi) is 3.56. The predicted octanol–water partition coefficient (Wildman–Crippen LogP) is 2.07. The average Bonchev–Trinajstić information content (AvgIpc) is 2.41. The molecule has 0 bridgehead atoms. The lowest BCUT2D eigenvalue weighted by Crippen LogP contribution is -2.04. The second-order valence-corrected chi connectivity index (χ2v) is 3.57. The smallest absolute Gasteiger partial charge is 0.356 e. The van der Waals surface area contributed by atoms with E-state index in [0.717, 1.165) is 6.20 Å². The van der Waals surface area contributed by atoms with Crippen LogP contribution in [-0.4, -0.2) is 28.2 Å². The molecule has 2 aromatic rings. The molecule has 0 aliphatic rings. The van der Waals surface area contributed by atoms with Crippen LogP contribution in [0.25, 0.3) is 0 Å². The quantitative estimate of drug-likeness (QED) is 0.878. The highest BCUT2D eigenvalue weighted by Crippen LogP contribution is 2.23. The fraction of sp³-hybridized carbons (Fsp3) is 0.0833. The monoisotopic (exact) mass is 263 g/mol. The molecule has 0 amide bonds. The van der Waals surface area contributed by atoms with Crippen LogP contribution in [0.1, 0.15) is 10.5 Å². The van der Waals surface area contributed by atoms with Crippen LogP contribution in [0.3, 0.4) is 0 Å². The van der Waals surface area contributed by atoms with Gasteiger partial charge in [0.2, 0.25) is 0 Å². The molecule has 7 heteroatoms. The number of nitrogens with one attached hydrogen (secondary N) is 1. The van der Waals surface area contributed by atoms with Gasteiger partial charge < -0.3 is 15.2 Å². The molecule has 1 aromatic heterocycles. The SMILES string of the molecule is COc1cc(Nc2cncc(C(=O)O)n2)ccc1F. The van der Waals surface area contributed by atoms with E-state index in [1.54, 1.807) is 0 Å². The third kappa shape index (κ3) is 2.95. The molecule has 19 heavy (non-hydrogen) atoms. The Bertz CT molecular complexity index is 619. The molecule has 0 aliphatic carbocycles. The minimum absolute atomic E-state index is 0.0762. The zero-order chi connectivity index (χ0) is 13.8. The van der Waals surface area contributed by atoms with Crippen LogP contribution in [-0.2, 0) is 0 Å². The Balaban J connectivity index is 2.26. The number of carboxylic acids is 1. The molecule has 1 aromatic carbocycles. The first-order chi connectivity index (χ1) is 9.10. The Morgan fingerprint density at radius 1 is 1.42 bits per heavy atom. The van der Waals surface area contributed by atoms with E-state index in [4.69, 9.17) is 9.84 Å². The van der Waals surface area contributed by atoms with Crippen LogP contribution in [0.2, 0.25) is 0 Å². The highest BCUT2D eigenvalue weighted by atomic mass is 19.1. The highest BCUT2D eigenvalue weighted by Gasteiger charge is 2.08. The number of aromatic carboxylic acids is 1. The number of nitrogens with zero attached hydrogens (tertiary/aromatic N) is 2. The number of hydrogen-bond acceptors (Lipinski definition) is 5. The third-order valence-electron chi connectivity index (χ3n) is 2.28. The van der Waals surface area contributed by atoms with Crippen molar-refractivity contribution >= 4 is 17.5 Å². The van der Waals surface area contributed by atoms with E-state index in [-0.39, 0.29) is 17.3 Å². The fourth-order valence-electron chi connectivity index (χ4n) is 1.41. The Morgan fingerprint density at radius 2 is 2.21 bits per heavy atom. The first-order valence-corrected chi connectivity index (χ1v) is 5.26. The Labute approximate surface area is 107 Å². The van der Waals surface area contributed by atoms with Crippen molar-refractivity contribution in [2.75, 3.05) is 12.4 Å². The number of hydrogen-bond donors (Lipinski definition) is 2. The van der Waals surface area contributed by atoms with Gasteiger partial charge in [0.05, 0.1) is 19.5 Å². The van der Waals surface area contributed by atoms with Gasteiger partial charge >= 0.3 is 5.97 Å². The second kappa shape index (κ2) is 5.30. The number of carbonyl (C=O) groups is 1. The van der Waals surface area contributed by atoms with Gasteiger partial charge in [-0.1, -0.05) is 0 Å². The Morgan fingerprint density at radius 3 is 2.89 bits per heavy atom.